The molecule has 0 amide bonds. The van der Waals surface area contributed by atoms with Crippen molar-refractivity contribution < 1.29 is 119 Å². The second-order valence-electron chi connectivity index (χ2n) is 21.4. The van der Waals surface area contributed by atoms with E-state index in [4.69, 9.17) is 48.0 Å². The number of aliphatic hydroxyl groups is 1. The van der Waals surface area contributed by atoms with Crippen LogP contribution in [0.5, 0.6) is 0 Å². The topological polar surface area (TPSA) is 257 Å². The molecular weight excluding hydrogens is 1190 g/mol. The van der Waals surface area contributed by atoms with E-state index in [1.165, 1.54) is 89.8 Å². The number of halogens is 4. The summed E-state index contributed by atoms with van der Waals surface area (Å²) in [5.74, 6) is -11.6. The van der Waals surface area contributed by atoms with E-state index in [9.17, 15) is 51.1 Å². The van der Waals surface area contributed by atoms with Crippen LogP contribution in [-0.2, 0) is 87.8 Å². The number of unbranched alkanes of at least 4 members (excludes halogenated alkanes) is 6. The van der Waals surface area contributed by atoms with Gasteiger partial charge in [0, 0.05) is 120 Å². The fourth-order valence-corrected chi connectivity index (χ4v) is 11.6. The number of carbonyl (C=O) groups is 7. The average Bonchev–Trinajstić information content (AvgIpc) is 1.64. The Bertz CT molecular complexity index is 2340. The molecule has 4 fully saturated rings. The van der Waals surface area contributed by atoms with Crippen LogP contribution in [0.2, 0.25) is 0 Å². The molecule has 2 aromatic carbocycles. The summed E-state index contributed by atoms with van der Waals surface area (Å²) < 4.78 is 106. The summed E-state index contributed by atoms with van der Waals surface area (Å²) in [4.78, 5) is 95.8. The maximum absolute atomic E-state index is 14.9. The van der Waals surface area contributed by atoms with E-state index in [-0.39, 0.29) is 99.2 Å². The Morgan fingerprint density at radius 2 is 1.02 bits per heavy atom. The smallest absolute Gasteiger partial charge is 1.00 e. The van der Waals surface area contributed by atoms with Crippen molar-refractivity contribution in [3.63, 3.8) is 0 Å². The van der Waals surface area contributed by atoms with Crippen LogP contribution in [-0.4, -0.2) is 138 Å². The summed E-state index contributed by atoms with van der Waals surface area (Å²) in [6.45, 7) is 5.66. The number of rotatable bonds is 30. The van der Waals surface area contributed by atoms with Crippen LogP contribution in [0.25, 0.3) is 0 Å². The van der Waals surface area contributed by atoms with Crippen LogP contribution in [0, 0.1) is 33.6 Å². The van der Waals surface area contributed by atoms with Crippen molar-refractivity contribution in [1.82, 2.24) is 0 Å². The first-order chi connectivity index (χ1) is 41.7. The second-order valence-corrected chi connectivity index (χ2v) is 23.3. The number of benzene rings is 2. The number of hydrogen-bond donors (Lipinski definition) is 1. The number of hydrogen-bond acceptors (Lipinski definition) is 19. The first-order valence-corrected chi connectivity index (χ1v) is 31.6. The predicted octanol–water partition coefficient (Wildman–Crippen LogP) is 9.52. The normalized spacial score (nSPS) is 23.1. The molecule has 0 radical (unpaired) electrons. The summed E-state index contributed by atoms with van der Waals surface area (Å²) >= 11 is 0. The molecule has 0 spiro atoms. The number of Topliss-reactive ketones (excluding diaryl/α,β-unsaturated/α-hetero) is 1. The van der Waals surface area contributed by atoms with Gasteiger partial charge >= 0.3 is 54.6 Å². The number of aldehydes is 1. The molecule has 0 bridgehead atoms. The number of aliphatic hydroxyl groups excluding tert-OH is 1. The molecule has 89 heavy (non-hydrogen) atoms. The molecule has 2 aliphatic carbocycles. The number of ketones is 2. The Hall–Kier alpha value is -4.82. The minimum absolute atomic E-state index is 0. The van der Waals surface area contributed by atoms with Crippen LogP contribution >= 0.6 is 8.15 Å². The van der Waals surface area contributed by atoms with E-state index in [1.54, 1.807) is 18.8 Å². The molecule has 2 saturated carbocycles. The summed E-state index contributed by atoms with van der Waals surface area (Å²) in [6, 6.07) is 14.1. The van der Waals surface area contributed by atoms with Crippen molar-refractivity contribution >= 4 is 49.9 Å². The van der Waals surface area contributed by atoms with Gasteiger partial charge in [0.2, 0.25) is 11.6 Å². The van der Waals surface area contributed by atoms with E-state index < -0.39 is 61.9 Å². The van der Waals surface area contributed by atoms with Crippen molar-refractivity contribution in [2.24, 2.45) is 23.7 Å². The minimum Gasteiger partial charge on any atom is -1.00 e. The summed E-state index contributed by atoms with van der Waals surface area (Å²) in [5.41, 5.74) is -0.629. The van der Waals surface area contributed by atoms with Crippen LogP contribution in [0.3, 0.4) is 0 Å². The van der Waals surface area contributed by atoms with E-state index in [0.29, 0.717) is 51.7 Å². The van der Waals surface area contributed by atoms with Crippen molar-refractivity contribution in [2.45, 2.75) is 199 Å². The van der Waals surface area contributed by atoms with Crippen LogP contribution < -0.4 is 18.9 Å². The van der Waals surface area contributed by atoms with Gasteiger partial charge in [-0.3, -0.25) is 28.8 Å². The Balaban J connectivity index is 0. The zero-order valence-electron chi connectivity index (χ0n) is 53.3. The number of alkyl halides is 4. The third-order valence-electron chi connectivity index (χ3n) is 15.3. The summed E-state index contributed by atoms with van der Waals surface area (Å²) in [6.07, 6.45) is 16.6. The molecule has 4 aliphatic rings. The number of ether oxygens (including phenoxy) is 8. The van der Waals surface area contributed by atoms with Gasteiger partial charge in [0.25, 0.3) is 0 Å². The monoisotopic (exact) mass is 1280 g/mol. The molecule has 25 heteroatoms. The zero-order chi connectivity index (χ0) is 64.8. The molecule has 1 N–H and O–H groups in total. The maximum atomic E-state index is 14.9. The van der Waals surface area contributed by atoms with Crippen molar-refractivity contribution in [2.75, 3.05) is 54.5 Å². The van der Waals surface area contributed by atoms with E-state index in [1.807, 2.05) is 0 Å². The molecule has 2 heterocycles. The van der Waals surface area contributed by atoms with Crippen LogP contribution in [0.15, 0.2) is 72.8 Å². The fourth-order valence-electron chi connectivity index (χ4n) is 10.9. The van der Waals surface area contributed by atoms with Gasteiger partial charge in [0.1, 0.15) is 18.5 Å². The molecule has 0 aromatic heterocycles. The van der Waals surface area contributed by atoms with Gasteiger partial charge in [-0.2, -0.15) is 17.6 Å². The average molecular weight is 1280 g/mol. The van der Waals surface area contributed by atoms with E-state index in [0.717, 1.165) is 109 Å². The molecule has 2 aliphatic heterocycles. The third-order valence-corrected chi connectivity index (χ3v) is 16.7. The Labute approximate surface area is 537 Å². The molecule has 9 unspecified atom stereocenters. The summed E-state index contributed by atoms with van der Waals surface area (Å²) in [5, 5.41) is 7.00. The molecular formula is C64H96F4LiO19P. The number of methoxy groups -OCH3 is 2. The minimum atomic E-state index is -3.66. The summed E-state index contributed by atoms with van der Waals surface area (Å²) in [7, 11) is 4.07. The van der Waals surface area contributed by atoms with E-state index in [2.05, 4.69) is 9.47 Å². The van der Waals surface area contributed by atoms with Gasteiger partial charge in [-0.1, -0.05) is 113 Å². The van der Waals surface area contributed by atoms with Gasteiger partial charge in [-0.25, -0.2) is 0 Å². The largest absolute Gasteiger partial charge is 1.00 e. The first kappa shape index (κ1) is 84.2. The molecule has 2 aromatic rings. The Morgan fingerprint density at radius 1 is 0.618 bits per heavy atom. The SMILES string of the molecule is C.CO.COC(=O)CCCCCCC1C(OC(C)=O)CC(OC2CCCCO2)[C@@H]1/C=C/C(=O)C(F)(F)c1ccccc1.COC(=O)CCCCCCC1C(OC(C)=O)CC(OC2CCCCO2)[C@@H]1C=O.COP(C)CC(=O)C(F)(F)c1ccccc1.O=O.[H-].[Li+]. The Kier molecular flexibility index (Phi) is 44.6. The standard InChI is InChI=1S/C30H40F2O7.C21H34O7.C11H13F2O2P.CH4O.CH4.Li.O2.H/c1-21(33)38-25-20-26(39-29-16-10-11-19-37-29)24(23(25)14-8-3-4-9-15-28(35)36-2)17-18-27(34)30(31,32)22-12-6-5-7-13-22;1-15(23)27-18-13-19(28-21-11-7-8-12-26-21)17(14-22)16(18)9-5-3-4-6-10-20(24)25-2;1-15-16(2)8-10(14)11(12,13)9-6-4-3-5-7-9;1-2;;;1-2;/h5-7,12-13,17-18,23-26,29H,3-4,8-11,14-16,19-20H2,1-2H3;14,16-19,21H,3-13H2,1-2H3;3-7H,8H2,1-2H3;2H,1H3;1H4;;;/q;;;;;+1;;-1/b18-17+;;;;;;;/t23?,24-,25?,26?,29?;16?,17-,18?,19?,21?;;;;;;/m11....../s1. The van der Waals surface area contributed by atoms with Gasteiger partial charge in [-0.15, -0.1) is 0 Å². The maximum Gasteiger partial charge on any atom is 1.00 e. The van der Waals surface area contributed by atoms with Gasteiger partial charge in [-0.05, 0) is 76.9 Å². The zero-order valence-corrected chi connectivity index (χ0v) is 53.2. The Morgan fingerprint density at radius 3 is 1.40 bits per heavy atom. The van der Waals surface area contributed by atoms with Gasteiger partial charge in [0.05, 0.1) is 32.6 Å². The molecule has 500 valence electrons. The first-order valence-electron chi connectivity index (χ1n) is 29.7. The van der Waals surface area contributed by atoms with E-state index >= 15 is 0 Å². The quantitative estimate of drug-likeness (QED) is 0.0112. The van der Waals surface area contributed by atoms with Crippen molar-refractivity contribution in [1.29, 1.82) is 0 Å². The fraction of sp³-hybridized carbons (Fsp3) is 0.672. The van der Waals surface area contributed by atoms with Crippen molar-refractivity contribution in [3.8, 4) is 0 Å². The van der Waals surface area contributed by atoms with Gasteiger partial charge < -0.3 is 53.7 Å². The van der Waals surface area contributed by atoms with Crippen molar-refractivity contribution in [3.05, 3.63) is 93.9 Å². The number of allylic oxidation sites excluding steroid dienone is 1. The predicted molar refractivity (Wildman–Crippen MR) is 324 cm³/mol. The second kappa shape index (κ2) is 47.1. The molecule has 11 atom stereocenters. The number of esters is 4. The van der Waals surface area contributed by atoms with Crippen LogP contribution in [0.1, 0.15) is 162 Å². The molecule has 19 nitrogen and oxygen atoms in total. The van der Waals surface area contributed by atoms with Crippen LogP contribution in [0.4, 0.5) is 17.6 Å². The third kappa shape index (κ3) is 30.4. The van der Waals surface area contributed by atoms with Gasteiger partial charge in [0.15, 0.2) is 12.6 Å². The molecule has 6 rings (SSSR count). The number of carbonyl (C=O) groups excluding carboxylic acids is 7. The molecule has 2 saturated heterocycles.